The van der Waals surface area contributed by atoms with Gasteiger partial charge in [0.05, 0.1) is 18.5 Å². The molecule has 0 saturated heterocycles. The van der Waals surface area contributed by atoms with Crippen LogP contribution in [0.25, 0.3) is 0 Å². The number of carbonyl (C=O) groups excluding carboxylic acids is 1. The van der Waals surface area contributed by atoms with Crippen LogP contribution in [0.2, 0.25) is 0 Å². The zero-order valence-electron chi connectivity index (χ0n) is 16.5. The Kier molecular flexibility index (Phi) is 8.59. The average Bonchev–Trinajstić information content (AvgIpc) is 3.15. The lowest BCUT2D eigenvalue weighted by molar-refractivity contribution is -0.118. The van der Waals surface area contributed by atoms with Crippen molar-refractivity contribution in [3.8, 4) is 0 Å². The van der Waals surface area contributed by atoms with Gasteiger partial charge in [-0.15, -0.1) is 16.8 Å². The molecule has 1 amide bonds. The van der Waals surface area contributed by atoms with Crippen LogP contribution in [0.15, 0.2) is 71.4 Å². The number of allylic oxidation sites excluding steroid dienone is 1. The zero-order chi connectivity index (χ0) is 22.1. The second-order valence-electron chi connectivity index (χ2n) is 6.29. The standard InChI is InChI=1S/C21H20FIN6OS/c1-2-11-29-19(13-24-18-9-7-17(23)8-10-18)26-28-21(29)31-14-20(30)27-25-12-15-3-5-16(22)6-4-15/h2-10,12,24H,1,11,13-14H2,(H,27,30). The summed E-state index contributed by atoms with van der Waals surface area (Å²) in [5.41, 5.74) is 4.12. The van der Waals surface area contributed by atoms with E-state index >= 15 is 0 Å². The molecule has 3 aromatic rings. The van der Waals surface area contributed by atoms with Crippen molar-refractivity contribution in [1.29, 1.82) is 0 Å². The first-order chi connectivity index (χ1) is 15.0. The van der Waals surface area contributed by atoms with Gasteiger partial charge in [-0.05, 0) is 64.6 Å². The fourth-order valence-electron chi connectivity index (χ4n) is 2.51. The number of nitrogens with one attached hydrogen (secondary N) is 2. The van der Waals surface area contributed by atoms with Gasteiger partial charge in [-0.1, -0.05) is 30.0 Å². The predicted octanol–water partition coefficient (Wildman–Crippen LogP) is 4.06. The van der Waals surface area contributed by atoms with E-state index in [4.69, 9.17) is 0 Å². The zero-order valence-corrected chi connectivity index (χ0v) is 19.4. The highest BCUT2D eigenvalue weighted by molar-refractivity contribution is 14.1. The lowest BCUT2D eigenvalue weighted by atomic mass is 10.2. The third-order valence-corrected chi connectivity index (χ3v) is 5.69. The highest BCUT2D eigenvalue weighted by atomic mass is 127. The lowest BCUT2D eigenvalue weighted by Crippen LogP contribution is -2.20. The monoisotopic (exact) mass is 550 g/mol. The van der Waals surface area contributed by atoms with E-state index in [1.54, 1.807) is 18.2 Å². The second-order valence-corrected chi connectivity index (χ2v) is 8.48. The van der Waals surface area contributed by atoms with Crippen molar-refractivity contribution >= 4 is 52.2 Å². The number of aromatic nitrogens is 3. The molecular formula is C21H20FIN6OS. The Morgan fingerprint density at radius 1 is 1.19 bits per heavy atom. The fraction of sp³-hybridized carbons (Fsp3) is 0.143. The molecular weight excluding hydrogens is 530 g/mol. The summed E-state index contributed by atoms with van der Waals surface area (Å²) in [6, 6.07) is 13.9. The number of halogens is 2. The van der Waals surface area contributed by atoms with Gasteiger partial charge in [-0.25, -0.2) is 9.82 Å². The molecule has 2 aromatic carbocycles. The molecule has 10 heteroatoms. The van der Waals surface area contributed by atoms with Crippen LogP contribution in [0.3, 0.4) is 0 Å². The Morgan fingerprint density at radius 2 is 1.94 bits per heavy atom. The Balaban J connectivity index is 1.54. The first-order valence-electron chi connectivity index (χ1n) is 9.28. The first kappa shape index (κ1) is 22.9. The van der Waals surface area contributed by atoms with Crippen molar-refractivity contribution in [2.24, 2.45) is 5.10 Å². The van der Waals surface area contributed by atoms with Crippen molar-refractivity contribution in [2.75, 3.05) is 11.1 Å². The number of nitrogens with zero attached hydrogens (tertiary/aromatic N) is 4. The number of anilines is 1. The van der Waals surface area contributed by atoms with Crippen LogP contribution < -0.4 is 10.7 Å². The molecule has 3 rings (SSSR count). The third-order valence-electron chi connectivity index (χ3n) is 4.01. The van der Waals surface area contributed by atoms with Crippen LogP contribution in [0, 0.1) is 9.39 Å². The summed E-state index contributed by atoms with van der Waals surface area (Å²) in [4.78, 5) is 12.1. The number of carbonyl (C=O) groups is 1. The quantitative estimate of drug-likeness (QED) is 0.131. The van der Waals surface area contributed by atoms with E-state index in [2.05, 4.69) is 55.2 Å². The minimum atomic E-state index is -0.325. The maximum Gasteiger partial charge on any atom is 0.250 e. The van der Waals surface area contributed by atoms with E-state index in [9.17, 15) is 9.18 Å². The largest absolute Gasteiger partial charge is 0.378 e. The summed E-state index contributed by atoms with van der Waals surface area (Å²) < 4.78 is 16.0. The van der Waals surface area contributed by atoms with Crippen molar-refractivity contribution < 1.29 is 9.18 Å². The van der Waals surface area contributed by atoms with Crippen molar-refractivity contribution in [3.63, 3.8) is 0 Å². The van der Waals surface area contributed by atoms with Gasteiger partial charge in [0.2, 0.25) is 0 Å². The molecule has 0 atom stereocenters. The first-order valence-corrected chi connectivity index (χ1v) is 11.3. The summed E-state index contributed by atoms with van der Waals surface area (Å²) in [6.07, 6.45) is 3.21. The van der Waals surface area contributed by atoms with Gasteiger partial charge in [-0.3, -0.25) is 4.79 Å². The fourth-order valence-corrected chi connectivity index (χ4v) is 3.63. The minimum absolute atomic E-state index is 0.126. The van der Waals surface area contributed by atoms with Crippen molar-refractivity contribution in [2.45, 2.75) is 18.2 Å². The molecule has 0 aliphatic carbocycles. The normalized spacial score (nSPS) is 10.9. The van der Waals surface area contributed by atoms with E-state index in [-0.39, 0.29) is 17.5 Å². The van der Waals surface area contributed by atoms with Gasteiger partial charge in [-0.2, -0.15) is 5.10 Å². The van der Waals surface area contributed by atoms with Crippen LogP contribution in [-0.2, 0) is 17.9 Å². The smallest absolute Gasteiger partial charge is 0.250 e. The van der Waals surface area contributed by atoms with Gasteiger partial charge < -0.3 is 9.88 Å². The Bertz CT molecular complexity index is 1050. The lowest BCUT2D eigenvalue weighted by Gasteiger charge is -2.09. The highest BCUT2D eigenvalue weighted by Gasteiger charge is 2.13. The molecule has 0 spiro atoms. The molecule has 1 heterocycles. The van der Waals surface area contributed by atoms with Crippen molar-refractivity contribution in [1.82, 2.24) is 20.2 Å². The molecule has 0 aliphatic rings. The van der Waals surface area contributed by atoms with Crippen LogP contribution >= 0.6 is 34.4 Å². The third kappa shape index (κ3) is 7.17. The Hall–Kier alpha value is -2.73. The summed E-state index contributed by atoms with van der Waals surface area (Å²) >= 11 is 3.52. The van der Waals surface area contributed by atoms with E-state index in [0.717, 1.165) is 15.1 Å². The minimum Gasteiger partial charge on any atom is -0.378 e. The molecule has 0 unspecified atom stereocenters. The molecule has 7 nitrogen and oxygen atoms in total. The second kappa shape index (κ2) is 11.6. The number of hydrogen-bond acceptors (Lipinski definition) is 6. The number of amides is 1. The topological polar surface area (TPSA) is 84.2 Å². The van der Waals surface area contributed by atoms with Gasteiger partial charge in [0.15, 0.2) is 11.0 Å². The number of hydrogen-bond donors (Lipinski definition) is 2. The van der Waals surface area contributed by atoms with E-state index < -0.39 is 0 Å². The number of rotatable bonds is 10. The van der Waals surface area contributed by atoms with Crippen LogP contribution in [0.5, 0.6) is 0 Å². The Morgan fingerprint density at radius 3 is 2.65 bits per heavy atom. The van der Waals surface area contributed by atoms with Crippen LogP contribution in [0.1, 0.15) is 11.4 Å². The average molecular weight is 550 g/mol. The molecule has 160 valence electrons. The maximum atomic E-state index is 12.9. The van der Waals surface area contributed by atoms with E-state index in [0.29, 0.717) is 23.8 Å². The summed E-state index contributed by atoms with van der Waals surface area (Å²) in [5.74, 6) is 0.265. The molecule has 0 aliphatic heterocycles. The summed E-state index contributed by atoms with van der Waals surface area (Å²) in [7, 11) is 0. The van der Waals surface area contributed by atoms with Crippen molar-refractivity contribution in [3.05, 3.63) is 82.0 Å². The van der Waals surface area contributed by atoms with Gasteiger partial charge >= 0.3 is 0 Å². The predicted molar refractivity (Wildman–Crippen MR) is 130 cm³/mol. The van der Waals surface area contributed by atoms with Crippen LogP contribution in [0.4, 0.5) is 10.1 Å². The van der Waals surface area contributed by atoms with Gasteiger partial charge in [0, 0.05) is 15.8 Å². The SMILES string of the molecule is C=CCn1c(CNc2ccc(I)cc2)nnc1SCC(=O)NN=Cc1ccc(F)cc1. The summed E-state index contributed by atoms with van der Waals surface area (Å²) in [5, 5.41) is 16.3. The molecule has 0 saturated carbocycles. The molecule has 0 bridgehead atoms. The molecule has 2 N–H and O–H groups in total. The van der Waals surface area contributed by atoms with Gasteiger partial charge in [0.1, 0.15) is 5.82 Å². The van der Waals surface area contributed by atoms with Crippen LogP contribution in [-0.4, -0.2) is 32.6 Å². The summed E-state index contributed by atoms with van der Waals surface area (Å²) in [6.45, 7) is 4.81. The maximum absolute atomic E-state index is 12.9. The van der Waals surface area contributed by atoms with E-state index in [1.165, 1.54) is 30.1 Å². The molecule has 1 aromatic heterocycles. The highest BCUT2D eigenvalue weighted by Crippen LogP contribution is 2.18. The number of thioether (sulfide) groups is 1. The number of hydrazone groups is 1. The Labute approximate surface area is 197 Å². The molecule has 0 radical (unpaired) electrons. The van der Waals surface area contributed by atoms with Gasteiger partial charge in [0.25, 0.3) is 5.91 Å². The number of benzene rings is 2. The van der Waals surface area contributed by atoms with E-state index in [1.807, 2.05) is 28.8 Å². The molecule has 0 fully saturated rings. The molecule has 31 heavy (non-hydrogen) atoms.